The van der Waals surface area contributed by atoms with Gasteiger partial charge < -0.3 is 10.2 Å². The summed E-state index contributed by atoms with van der Waals surface area (Å²) in [5.41, 5.74) is 5.32. The Morgan fingerprint density at radius 2 is 2.04 bits per heavy atom. The second kappa shape index (κ2) is 7.53. The quantitative estimate of drug-likeness (QED) is 0.657. The van der Waals surface area contributed by atoms with Crippen molar-refractivity contribution in [2.24, 2.45) is 0 Å². The highest BCUT2D eigenvalue weighted by Crippen LogP contribution is 2.35. The average molecular weight is 413 g/mol. The predicted molar refractivity (Wildman–Crippen MR) is 115 cm³/mol. The van der Waals surface area contributed by atoms with E-state index < -0.39 is 0 Å². The highest BCUT2D eigenvalue weighted by atomic mass is 35.5. The molecule has 4 rings (SSSR count). The number of aryl methyl sites for hydroxylation is 2. The van der Waals surface area contributed by atoms with Crippen molar-refractivity contribution in [3.8, 4) is 11.3 Å². The van der Waals surface area contributed by atoms with E-state index in [4.69, 9.17) is 11.6 Å². The minimum atomic E-state index is -0.0413. The number of anilines is 2. The molecule has 1 amide bonds. The van der Waals surface area contributed by atoms with Gasteiger partial charge in [-0.15, -0.1) is 11.3 Å². The SMILES string of the molecule is CC(=O)Nc1cc2c(s1)CN(c1cc(-c3ncc(C)cc3C)c(Cl)cn1)CC2. The van der Waals surface area contributed by atoms with Crippen molar-refractivity contribution < 1.29 is 4.79 Å². The van der Waals surface area contributed by atoms with Crippen molar-refractivity contribution >= 4 is 39.7 Å². The van der Waals surface area contributed by atoms with E-state index in [1.54, 1.807) is 17.5 Å². The van der Waals surface area contributed by atoms with Gasteiger partial charge in [-0.1, -0.05) is 17.7 Å². The Balaban J connectivity index is 1.64. The van der Waals surface area contributed by atoms with Crippen LogP contribution in [0.5, 0.6) is 0 Å². The predicted octanol–water partition coefficient (Wildman–Crippen LogP) is 5.00. The summed E-state index contributed by atoms with van der Waals surface area (Å²) >= 11 is 8.09. The number of carbonyl (C=O) groups is 1. The lowest BCUT2D eigenvalue weighted by Crippen LogP contribution is -2.30. The van der Waals surface area contributed by atoms with Crippen LogP contribution in [-0.2, 0) is 17.8 Å². The lowest BCUT2D eigenvalue weighted by Gasteiger charge is -2.28. The van der Waals surface area contributed by atoms with E-state index in [0.29, 0.717) is 5.02 Å². The average Bonchev–Trinajstić information content (AvgIpc) is 3.03. The number of hydrogen-bond donors (Lipinski definition) is 1. The lowest BCUT2D eigenvalue weighted by molar-refractivity contribution is -0.114. The first-order valence-electron chi connectivity index (χ1n) is 9.14. The Hall–Kier alpha value is -2.44. The van der Waals surface area contributed by atoms with Crippen molar-refractivity contribution in [3.05, 3.63) is 57.2 Å². The molecule has 28 heavy (non-hydrogen) atoms. The van der Waals surface area contributed by atoms with Crippen LogP contribution in [0.15, 0.2) is 30.6 Å². The number of pyridine rings is 2. The van der Waals surface area contributed by atoms with Gasteiger partial charge in [0.25, 0.3) is 0 Å². The van der Waals surface area contributed by atoms with Crippen molar-refractivity contribution in [1.29, 1.82) is 0 Å². The second-order valence-corrected chi connectivity index (χ2v) is 8.66. The molecule has 0 aromatic carbocycles. The zero-order chi connectivity index (χ0) is 19.8. The molecule has 0 saturated heterocycles. The number of thiophene rings is 1. The van der Waals surface area contributed by atoms with E-state index in [9.17, 15) is 4.79 Å². The number of aromatic nitrogens is 2. The molecule has 1 N–H and O–H groups in total. The number of nitrogens with one attached hydrogen (secondary N) is 1. The van der Waals surface area contributed by atoms with E-state index in [2.05, 4.69) is 32.3 Å². The summed E-state index contributed by atoms with van der Waals surface area (Å²) in [6, 6.07) is 6.22. The summed E-state index contributed by atoms with van der Waals surface area (Å²) < 4.78 is 0. The van der Waals surface area contributed by atoms with Crippen LogP contribution in [0.2, 0.25) is 5.02 Å². The van der Waals surface area contributed by atoms with Crippen LogP contribution in [-0.4, -0.2) is 22.4 Å². The zero-order valence-corrected chi connectivity index (χ0v) is 17.6. The molecule has 5 nitrogen and oxygen atoms in total. The minimum Gasteiger partial charge on any atom is -0.351 e. The first-order chi connectivity index (χ1) is 13.4. The van der Waals surface area contributed by atoms with Gasteiger partial charge >= 0.3 is 0 Å². The molecular formula is C21H21ClN4OS. The number of fused-ring (bicyclic) bond motifs is 1. The number of rotatable bonds is 3. The van der Waals surface area contributed by atoms with Gasteiger partial charge in [0.2, 0.25) is 5.91 Å². The van der Waals surface area contributed by atoms with Crippen molar-refractivity contribution in [2.75, 3.05) is 16.8 Å². The number of amides is 1. The maximum absolute atomic E-state index is 11.3. The van der Waals surface area contributed by atoms with E-state index >= 15 is 0 Å². The summed E-state index contributed by atoms with van der Waals surface area (Å²) in [4.78, 5) is 24.0. The minimum absolute atomic E-state index is 0.0413. The molecule has 0 bridgehead atoms. The maximum atomic E-state index is 11.3. The van der Waals surface area contributed by atoms with Crippen molar-refractivity contribution in [3.63, 3.8) is 0 Å². The summed E-state index contributed by atoms with van der Waals surface area (Å²) in [7, 11) is 0. The van der Waals surface area contributed by atoms with Crippen LogP contribution >= 0.6 is 22.9 Å². The Morgan fingerprint density at radius 3 is 2.79 bits per heavy atom. The van der Waals surface area contributed by atoms with Gasteiger partial charge in [0.1, 0.15) is 5.82 Å². The lowest BCUT2D eigenvalue weighted by atomic mass is 10.1. The van der Waals surface area contributed by atoms with Crippen LogP contribution in [0, 0.1) is 13.8 Å². The zero-order valence-electron chi connectivity index (χ0n) is 16.0. The molecule has 0 spiro atoms. The molecule has 0 atom stereocenters. The fraction of sp³-hybridized carbons (Fsp3) is 0.286. The van der Waals surface area contributed by atoms with Crippen molar-refractivity contribution in [2.45, 2.75) is 33.7 Å². The Labute approximate surface area is 173 Å². The van der Waals surface area contributed by atoms with Gasteiger partial charge in [0.15, 0.2) is 0 Å². The van der Waals surface area contributed by atoms with Gasteiger partial charge in [0.05, 0.1) is 22.3 Å². The molecule has 1 aliphatic heterocycles. The molecule has 144 valence electrons. The summed E-state index contributed by atoms with van der Waals surface area (Å²) in [6.45, 7) is 7.26. The van der Waals surface area contributed by atoms with Gasteiger partial charge in [0, 0.05) is 36.3 Å². The normalized spacial score (nSPS) is 13.4. The number of hydrogen-bond acceptors (Lipinski definition) is 5. The molecule has 0 aliphatic carbocycles. The number of carbonyl (C=O) groups excluding carboxylic acids is 1. The van der Waals surface area contributed by atoms with Crippen LogP contribution in [0.3, 0.4) is 0 Å². The highest BCUT2D eigenvalue weighted by Gasteiger charge is 2.22. The molecule has 4 heterocycles. The van der Waals surface area contributed by atoms with Crippen molar-refractivity contribution in [1.82, 2.24) is 9.97 Å². The molecule has 0 saturated carbocycles. The topological polar surface area (TPSA) is 58.1 Å². The first-order valence-corrected chi connectivity index (χ1v) is 10.3. The molecule has 3 aromatic heterocycles. The van der Waals surface area contributed by atoms with Crippen LogP contribution in [0.1, 0.15) is 28.5 Å². The summed E-state index contributed by atoms with van der Waals surface area (Å²) in [6.07, 6.45) is 4.49. The molecule has 0 fully saturated rings. The van der Waals surface area contributed by atoms with Gasteiger partial charge in [-0.25, -0.2) is 4.98 Å². The van der Waals surface area contributed by atoms with E-state index in [-0.39, 0.29) is 5.91 Å². The summed E-state index contributed by atoms with van der Waals surface area (Å²) in [5, 5.41) is 4.39. The number of nitrogens with zero attached hydrogens (tertiary/aromatic N) is 3. The van der Waals surface area contributed by atoms with Crippen LogP contribution in [0.25, 0.3) is 11.3 Å². The Kier molecular flexibility index (Phi) is 5.08. The summed E-state index contributed by atoms with van der Waals surface area (Å²) in [5.74, 6) is 0.849. The Morgan fingerprint density at radius 1 is 1.21 bits per heavy atom. The second-order valence-electron chi connectivity index (χ2n) is 7.11. The molecule has 0 unspecified atom stereocenters. The largest absolute Gasteiger partial charge is 0.351 e. The smallest absolute Gasteiger partial charge is 0.221 e. The molecule has 1 aliphatic rings. The first kappa shape index (κ1) is 18.9. The molecule has 0 radical (unpaired) electrons. The molecule has 7 heteroatoms. The van der Waals surface area contributed by atoms with Gasteiger partial charge in [-0.2, -0.15) is 0 Å². The third kappa shape index (κ3) is 3.75. The van der Waals surface area contributed by atoms with Crippen LogP contribution < -0.4 is 10.2 Å². The standard InChI is InChI=1S/C21H21ClN4OS/c1-12-6-13(2)21(24-9-12)16-8-19(23-10-17(16)22)26-5-4-15-7-20(25-14(3)27)28-18(15)11-26/h6-10H,4-5,11H2,1-3H3,(H,25,27). The van der Waals surface area contributed by atoms with E-state index in [0.717, 1.165) is 52.7 Å². The fourth-order valence-electron chi connectivity index (χ4n) is 3.53. The van der Waals surface area contributed by atoms with Crippen LogP contribution in [0.4, 0.5) is 10.8 Å². The highest BCUT2D eigenvalue weighted by molar-refractivity contribution is 7.16. The molecule has 3 aromatic rings. The van der Waals surface area contributed by atoms with Gasteiger partial charge in [-0.05, 0) is 49.1 Å². The number of halogens is 1. The Bertz CT molecular complexity index is 1060. The maximum Gasteiger partial charge on any atom is 0.221 e. The molecular weight excluding hydrogens is 392 g/mol. The van der Waals surface area contributed by atoms with Gasteiger partial charge in [-0.3, -0.25) is 9.78 Å². The van der Waals surface area contributed by atoms with E-state index in [1.165, 1.54) is 17.4 Å². The van der Waals surface area contributed by atoms with E-state index in [1.807, 2.05) is 26.1 Å². The monoisotopic (exact) mass is 412 g/mol. The third-order valence-corrected chi connectivity index (χ3v) is 6.20. The third-order valence-electron chi connectivity index (χ3n) is 4.82. The fourth-order valence-corrected chi connectivity index (χ4v) is 4.90.